The SMILES string of the molecule is O=S(=O)(N[C@H]1CC[C@@H](CO)C1)c1ccc(-c2ccc(C(F)(F)F)cn2)cc1. The standard InChI is InChI=1S/C18H19F3N2O3S/c19-18(20,21)14-4-8-17(22-10-14)13-2-6-16(7-3-13)27(25,26)23-15-5-1-12(9-15)11-24/h2-4,6-8,10,12,15,23-24H,1,5,9,11H2/t12-,15+/m1/s1. The van der Waals surface area contributed by atoms with E-state index in [0.29, 0.717) is 24.1 Å². The molecule has 9 heteroatoms. The van der Waals surface area contributed by atoms with Crippen LogP contribution in [0.25, 0.3) is 11.3 Å². The second-order valence-corrected chi connectivity index (χ2v) is 8.35. The maximum absolute atomic E-state index is 12.6. The summed E-state index contributed by atoms with van der Waals surface area (Å²) < 4.78 is 65.4. The molecule has 5 nitrogen and oxygen atoms in total. The van der Waals surface area contributed by atoms with Gasteiger partial charge in [0, 0.05) is 24.4 Å². The van der Waals surface area contributed by atoms with Gasteiger partial charge in [-0.1, -0.05) is 12.1 Å². The largest absolute Gasteiger partial charge is 0.417 e. The van der Waals surface area contributed by atoms with Crippen LogP contribution in [0.15, 0.2) is 47.5 Å². The Bertz CT molecular complexity index is 882. The third kappa shape index (κ3) is 4.66. The average molecular weight is 400 g/mol. The molecule has 2 atom stereocenters. The quantitative estimate of drug-likeness (QED) is 0.808. The van der Waals surface area contributed by atoms with Crippen molar-refractivity contribution in [3.63, 3.8) is 0 Å². The van der Waals surface area contributed by atoms with E-state index in [9.17, 15) is 21.6 Å². The molecule has 0 unspecified atom stereocenters. The summed E-state index contributed by atoms with van der Waals surface area (Å²) in [6.07, 6.45) is -1.65. The highest BCUT2D eigenvalue weighted by atomic mass is 32.2. The van der Waals surface area contributed by atoms with E-state index < -0.39 is 21.8 Å². The highest BCUT2D eigenvalue weighted by Gasteiger charge is 2.31. The van der Waals surface area contributed by atoms with Crippen LogP contribution in [0.5, 0.6) is 0 Å². The van der Waals surface area contributed by atoms with Gasteiger partial charge in [-0.2, -0.15) is 13.2 Å². The number of aliphatic hydroxyl groups excluding tert-OH is 1. The lowest BCUT2D eigenvalue weighted by Crippen LogP contribution is -2.33. The van der Waals surface area contributed by atoms with Crippen molar-refractivity contribution < 1.29 is 26.7 Å². The lowest BCUT2D eigenvalue weighted by molar-refractivity contribution is -0.137. The predicted octanol–water partition coefficient (Wildman–Crippen LogP) is 3.21. The first kappa shape index (κ1) is 19.8. The van der Waals surface area contributed by atoms with Crippen LogP contribution in [0.3, 0.4) is 0 Å². The third-order valence-corrected chi connectivity index (χ3v) is 6.21. The lowest BCUT2D eigenvalue weighted by Gasteiger charge is -2.13. The molecule has 3 rings (SSSR count). The van der Waals surface area contributed by atoms with E-state index in [0.717, 1.165) is 18.7 Å². The van der Waals surface area contributed by atoms with Crippen LogP contribution in [-0.2, 0) is 16.2 Å². The molecule has 0 radical (unpaired) electrons. The number of nitrogens with one attached hydrogen (secondary N) is 1. The third-order valence-electron chi connectivity index (χ3n) is 4.67. The van der Waals surface area contributed by atoms with E-state index in [1.807, 2.05) is 0 Å². The minimum absolute atomic E-state index is 0.0487. The summed E-state index contributed by atoms with van der Waals surface area (Å²) in [5, 5.41) is 9.15. The van der Waals surface area contributed by atoms with Crippen molar-refractivity contribution in [2.75, 3.05) is 6.61 Å². The molecule has 1 fully saturated rings. The van der Waals surface area contributed by atoms with Crippen molar-refractivity contribution in [3.05, 3.63) is 48.2 Å². The van der Waals surface area contributed by atoms with E-state index in [-0.39, 0.29) is 23.5 Å². The van der Waals surface area contributed by atoms with Gasteiger partial charge in [0.25, 0.3) is 0 Å². The van der Waals surface area contributed by atoms with Crippen molar-refractivity contribution in [2.24, 2.45) is 5.92 Å². The molecule has 1 saturated carbocycles. The number of hydrogen-bond acceptors (Lipinski definition) is 4. The van der Waals surface area contributed by atoms with Crippen molar-refractivity contribution in [2.45, 2.75) is 36.4 Å². The maximum atomic E-state index is 12.6. The fourth-order valence-electron chi connectivity index (χ4n) is 3.17. The molecule has 0 amide bonds. The molecule has 146 valence electrons. The summed E-state index contributed by atoms with van der Waals surface area (Å²) in [6, 6.07) is 7.79. The van der Waals surface area contributed by atoms with E-state index in [2.05, 4.69) is 9.71 Å². The van der Waals surface area contributed by atoms with Gasteiger partial charge in [0.2, 0.25) is 10.0 Å². The molecule has 2 N–H and O–H groups in total. The predicted molar refractivity (Wildman–Crippen MR) is 93.2 cm³/mol. The fraction of sp³-hybridized carbons (Fsp3) is 0.389. The van der Waals surface area contributed by atoms with Crippen molar-refractivity contribution in [1.29, 1.82) is 0 Å². The molecular weight excluding hydrogens is 381 g/mol. The lowest BCUT2D eigenvalue weighted by atomic mass is 10.1. The topological polar surface area (TPSA) is 79.3 Å². The van der Waals surface area contributed by atoms with Crippen LogP contribution in [0.1, 0.15) is 24.8 Å². The molecule has 2 aromatic rings. The highest BCUT2D eigenvalue weighted by molar-refractivity contribution is 7.89. The van der Waals surface area contributed by atoms with Crippen LogP contribution in [-0.4, -0.2) is 31.2 Å². The van der Waals surface area contributed by atoms with E-state index in [1.54, 1.807) is 0 Å². The van der Waals surface area contributed by atoms with E-state index >= 15 is 0 Å². The number of halogens is 3. The average Bonchev–Trinajstić information content (AvgIpc) is 3.08. The molecule has 1 aromatic carbocycles. The molecule has 0 bridgehead atoms. The van der Waals surface area contributed by atoms with Gasteiger partial charge in [-0.15, -0.1) is 0 Å². The van der Waals surface area contributed by atoms with Gasteiger partial charge in [0.15, 0.2) is 0 Å². The zero-order valence-electron chi connectivity index (χ0n) is 14.3. The first-order valence-corrected chi connectivity index (χ1v) is 9.94. The van der Waals surface area contributed by atoms with Crippen LogP contribution in [0.4, 0.5) is 13.2 Å². The number of nitrogens with zero attached hydrogens (tertiary/aromatic N) is 1. The zero-order chi connectivity index (χ0) is 19.7. The Hall–Kier alpha value is -1.97. The van der Waals surface area contributed by atoms with Gasteiger partial charge in [-0.05, 0) is 49.4 Å². The molecule has 1 heterocycles. The second kappa shape index (κ2) is 7.57. The Kier molecular flexibility index (Phi) is 5.55. The maximum Gasteiger partial charge on any atom is 0.417 e. The summed E-state index contributed by atoms with van der Waals surface area (Å²) in [7, 11) is -3.70. The van der Waals surface area contributed by atoms with Crippen molar-refractivity contribution in [1.82, 2.24) is 9.71 Å². The normalized spacial score (nSPS) is 20.7. The smallest absolute Gasteiger partial charge is 0.396 e. The van der Waals surface area contributed by atoms with Crippen molar-refractivity contribution >= 4 is 10.0 Å². The number of alkyl halides is 3. The molecule has 0 saturated heterocycles. The number of rotatable bonds is 5. The summed E-state index contributed by atoms with van der Waals surface area (Å²) in [4.78, 5) is 3.87. The summed E-state index contributed by atoms with van der Waals surface area (Å²) in [6.45, 7) is 0.0487. The van der Waals surface area contributed by atoms with Gasteiger partial charge >= 0.3 is 6.18 Å². The first-order chi connectivity index (χ1) is 12.7. The molecular formula is C18H19F3N2O3S. The number of pyridine rings is 1. The zero-order valence-corrected chi connectivity index (χ0v) is 15.1. The van der Waals surface area contributed by atoms with Crippen LogP contribution >= 0.6 is 0 Å². The van der Waals surface area contributed by atoms with Gasteiger partial charge in [0.1, 0.15) is 0 Å². The summed E-state index contributed by atoms with van der Waals surface area (Å²) in [5.74, 6) is 0.117. The van der Waals surface area contributed by atoms with Crippen LogP contribution < -0.4 is 4.72 Å². The molecule has 0 spiro atoms. The highest BCUT2D eigenvalue weighted by Crippen LogP contribution is 2.30. The van der Waals surface area contributed by atoms with E-state index in [1.165, 1.54) is 30.3 Å². The number of sulfonamides is 1. The Morgan fingerprint density at radius 1 is 1.11 bits per heavy atom. The van der Waals surface area contributed by atoms with Crippen molar-refractivity contribution in [3.8, 4) is 11.3 Å². The van der Waals surface area contributed by atoms with Crippen LogP contribution in [0, 0.1) is 5.92 Å². The van der Waals surface area contributed by atoms with E-state index in [4.69, 9.17) is 5.11 Å². The molecule has 27 heavy (non-hydrogen) atoms. The summed E-state index contributed by atoms with van der Waals surface area (Å²) >= 11 is 0. The number of aromatic nitrogens is 1. The van der Waals surface area contributed by atoms with Gasteiger partial charge < -0.3 is 5.11 Å². The first-order valence-electron chi connectivity index (χ1n) is 8.46. The summed E-state index contributed by atoms with van der Waals surface area (Å²) in [5.41, 5.74) is -0.00207. The van der Waals surface area contributed by atoms with Gasteiger partial charge in [-0.25, -0.2) is 13.1 Å². The Morgan fingerprint density at radius 3 is 2.33 bits per heavy atom. The van der Waals surface area contributed by atoms with Gasteiger partial charge in [0.05, 0.1) is 16.2 Å². The van der Waals surface area contributed by atoms with Gasteiger partial charge in [-0.3, -0.25) is 4.98 Å². The van der Waals surface area contributed by atoms with Crippen LogP contribution in [0.2, 0.25) is 0 Å². The Balaban J connectivity index is 1.73. The number of hydrogen-bond donors (Lipinski definition) is 2. The molecule has 1 aliphatic carbocycles. The molecule has 1 aliphatic rings. The fourth-order valence-corrected chi connectivity index (χ4v) is 4.46. The Labute approximate surface area is 155 Å². The second-order valence-electron chi connectivity index (χ2n) is 6.63. The molecule has 0 aliphatic heterocycles. The Morgan fingerprint density at radius 2 is 1.81 bits per heavy atom. The minimum Gasteiger partial charge on any atom is -0.396 e. The number of benzene rings is 1. The molecule has 1 aromatic heterocycles. The number of aliphatic hydroxyl groups is 1. The minimum atomic E-state index is -4.45. The monoisotopic (exact) mass is 400 g/mol.